The Morgan fingerprint density at radius 2 is 2.19 bits per heavy atom. The van der Waals surface area contributed by atoms with Crippen molar-refractivity contribution in [3.63, 3.8) is 0 Å². The lowest BCUT2D eigenvalue weighted by Crippen LogP contribution is -2.22. The van der Waals surface area contributed by atoms with Crippen LogP contribution in [-0.4, -0.2) is 22.6 Å². The molecule has 0 radical (unpaired) electrons. The summed E-state index contributed by atoms with van der Waals surface area (Å²) in [6.07, 6.45) is 0.150. The van der Waals surface area contributed by atoms with Gasteiger partial charge in [0.15, 0.2) is 0 Å². The van der Waals surface area contributed by atoms with Crippen LogP contribution in [0.3, 0.4) is 0 Å². The van der Waals surface area contributed by atoms with E-state index in [0.717, 1.165) is 22.7 Å². The molecular weight excluding hydrogens is 268 g/mol. The SMILES string of the molecule is Cc1nc(CN2CC(CC(=O)O)c3ccccc32)oc1C. The third-order valence-electron chi connectivity index (χ3n) is 3.98. The molecule has 0 spiro atoms. The molecular formula is C16H18N2O3. The molecule has 5 nitrogen and oxygen atoms in total. The molecule has 1 N–H and O–H groups in total. The summed E-state index contributed by atoms with van der Waals surface area (Å²) in [5.41, 5.74) is 3.08. The highest BCUT2D eigenvalue weighted by molar-refractivity contribution is 5.71. The number of hydrogen-bond acceptors (Lipinski definition) is 4. The van der Waals surface area contributed by atoms with E-state index in [4.69, 9.17) is 9.52 Å². The molecule has 110 valence electrons. The number of benzene rings is 1. The Kier molecular flexibility index (Phi) is 3.41. The first kappa shape index (κ1) is 13.7. The van der Waals surface area contributed by atoms with Gasteiger partial charge in [-0.2, -0.15) is 0 Å². The highest BCUT2D eigenvalue weighted by Gasteiger charge is 2.30. The number of aliphatic carboxylic acids is 1. The molecule has 1 atom stereocenters. The summed E-state index contributed by atoms with van der Waals surface area (Å²) in [7, 11) is 0. The zero-order chi connectivity index (χ0) is 15.0. The summed E-state index contributed by atoms with van der Waals surface area (Å²) in [4.78, 5) is 17.6. The molecule has 0 bridgehead atoms. The van der Waals surface area contributed by atoms with E-state index >= 15 is 0 Å². The lowest BCUT2D eigenvalue weighted by molar-refractivity contribution is -0.137. The molecule has 0 fully saturated rings. The predicted octanol–water partition coefficient (Wildman–Crippen LogP) is 2.87. The van der Waals surface area contributed by atoms with Crippen molar-refractivity contribution in [3.8, 4) is 0 Å². The van der Waals surface area contributed by atoms with Gasteiger partial charge in [0, 0.05) is 18.2 Å². The standard InChI is InChI=1S/C16H18N2O3/c1-10-11(2)21-15(17-10)9-18-8-12(7-16(19)20)13-5-3-4-6-14(13)18/h3-6,12H,7-9H2,1-2H3,(H,19,20). The van der Waals surface area contributed by atoms with Crippen LogP contribution in [0.15, 0.2) is 28.7 Å². The van der Waals surface area contributed by atoms with Crippen LogP contribution in [0, 0.1) is 13.8 Å². The van der Waals surface area contributed by atoms with Crippen molar-refractivity contribution >= 4 is 11.7 Å². The fourth-order valence-electron chi connectivity index (χ4n) is 2.89. The van der Waals surface area contributed by atoms with Crippen LogP contribution in [-0.2, 0) is 11.3 Å². The summed E-state index contributed by atoms with van der Waals surface area (Å²) in [5.74, 6) is 0.769. The normalized spacial score (nSPS) is 17.0. The fraction of sp³-hybridized carbons (Fsp3) is 0.375. The molecule has 1 aliphatic rings. The number of hydrogen-bond donors (Lipinski definition) is 1. The maximum atomic E-state index is 11.0. The van der Waals surface area contributed by atoms with Gasteiger partial charge in [0.1, 0.15) is 5.76 Å². The largest absolute Gasteiger partial charge is 0.481 e. The number of fused-ring (bicyclic) bond motifs is 1. The summed E-state index contributed by atoms with van der Waals surface area (Å²) < 4.78 is 5.64. The molecule has 5 heteroatoms. The van der Waals surface area contributed by atoms with Gasteiger partial charge in [0.2, 0.25) is 5.89 Å². The number of para-hydroxylation sites is 1. The van der Waals surface area contributed by atoms with Gasteiger partial charge in [-0.3, -0.25) is 4.79 Å². The average molecular weight is 286 g/mol. The number of aryl methyl sites for hydroxylation is 2. The molecule has 3 rings (SSSR count). The molecule has 0 saturated carbocycles. The Labute approximate surface area is 123 Å². The average Bonchev–Trinajstić information content (AvgIpc) is 2.92. The van der Waals surface area contributed by atoms with Crippen LogP contribution in [0.4, 0.5) is 5.69 Å². The third-order valence-corrected chi connectivity index (χ3v) is 3.98. The number of nitrogens with zero attached hydrogens (tertiary/aromatic N) is 2. The molecule has 21 heavy (non-hydrogen) atoms. The van der Waals surface area contributed by atoms with Crippen LogP contribution < -0.4 is 4.90 Å². The van der Waals surface area contributed by atoms with E-state index in [2.05, 4.69) is 9.88 Å². The maximum absolute atomic E-state index is 11.0. The number of anilines is 1. The van der Waals surface area contributed by atoms with E-state index < -0.39 is 5.97 Å². The summed E-state index contributed by atoms with van der Waals surface area (Å²) in [6.45, 7) is 5.08. The highest BCUT2D eigenvalue weighted by atomic mass is 16.4. The highest BCUT2D eigenvalue weighted by Crippen LogP contribution is 2.38. The summed E-state index contributed by atoms with van der Waals surface area (Å²) in [6, 6.07) is 7.96. The molecule has 0 amide bonds. The van der Waals surface area contributed by atoms with Gasteiger partial charge in [0.05, 0.1) is 18.7 Å². The van der Waals surface area contributed by atoms with Crippen molar-refractivity contribution in [1.29, 1.82) is 0 Å². The summed E-state index contributed by atoms with van der Waals surface area (Å²) >= 11 is 0. The van der Waals surface area contributed by atoms with E-state index in [1.54, 1.807) is 0 Å². The molecule has 2 heterocycles. The molecule has 0 aliphatic carbocycles. The first-order valence-electron chi connectivity index (χ1n) is 7.03. The molecule has 0 saturated heterocycles. The first-order valence-corrected chi connectivity index (χ1v) is 7.03. The van der Waals surface area contributed by atoms with E-state index in [0.29, 0.717) is 19.0 Å². The van der Waals surface area contributed by atoms with Crippen molar-refractivity contribution in [2.24, 2.45) is 0 Å². The fourth-order valence-corrected chi connectivity index (χ4v) is 2.89. The summed E-state index contributed by atoms with van der Waals surface area (Å²) in [5, 5.41) is 9.07. The van der Waals surface area contributed by atoms with Crippen LogP contribution in [0.1, 0.15) is 35.2 Å². The topological polar surface area (TPSA) is 66.6 Å². The third kappa shape index (κ3) is 2.63. The lowest BCUT2D eigenvalue weighted by Gasteiger charge is -2.17. The molecule has 1 aliphatic heterocycles. The van der Waals surface area contributed by atoms with Gasteiger partial charge in [-0.05, 0) is 25.5 Å². The van der Waals surface area contributed by atoms with Crippen molar-refractivity contribution < 1.29 is 14.3 Å². The van der Waals surface area contributed by atoms with E-state index in [-0.39, 0.29) is 12.3 Å². The van der Waals surface area contributed by atoms with E-state index in [9.17, 15) is 4.79 Å². The number of aromatic nitrogens is 1. The number of carbonyl (C=O) groups is 1. The van der Waals surface area contributed by atoms with Gasteiger partial charge >= 0.3 is 5.97 Å². The van der Waals surface area contributed by atoms with Gasteiger partial charge in [-0.1, -0.05) is 18.2 Å². The molecule has 1 unspecified atom stereocenters. The van der Waals surface area contributed by atoms with Crippen LogP contribution >= 0.6 is 0 Å². The van der Waals surface area contributed by atoms with Gasteiger partial charge in [-0.25, -0.2) is 4.98 Å². The minimum Gasteiger partial charge on any atom is -0.481 e. The van der Waals surface area contributed by atoms with E-state index in [1.807, 2.05) is 38.1 Å². The maximum Gasteiger partial charge on any atom is 0.304 e. The monoisotopic (exact) mass is 286 g/mol. The number of carboxylic acids is 1. The second kappa shape index (κ2) is 5.24. The van der Waals surface area contributed by atoms with Gasteiger partial charge in [0.25, 0.3) is 0 Å². The second-order valence-electron chi connectivity index (χ2n) is 5.48. The Morgan fingerprint density at radius 1 is 1.43 bits per heavy atom. The van der Waals surface area contributed by atoms with Crippen molar-refractivity contribution in [3.05, 3.63) is 47.2 Å². The van der Waals surface area contributed by atoms with Crippen molar-refractivity contribution in [2.75, 3.05) is 11.4 Å². The Morgan fingerprint density at radius 3 is 2.86 bits per heavy atom. The van der Waals surface area contributed by atoms with Crippen LogP contribution in [0.25, 0.3) is 0 Å². The minimum absolute atomic E-state index is 0.0239. The number of rotatable bonds is 4. The van der Waals surface area contributed by atoms with Crippen LogP contribution in [0.2, 0.25) is 0 Å². The van der Waals surface area contributed by atoms with Gasteiger partial charge < -0.3 is 14.4 Å². The quantitative estimate of drug-likeness (QED) is 0.936. The Bertz CT molecular complexity index is 658. The van der Waals surface area contributed by atoms with Crippen molar-refractivity contribution in [1.82, 2.24) is 4.98 Å². The second-order valence-corrected chi connectivity index (χ2v) is 5.48. The predicted molar refractivity (Wildman–Crippen MR) is 78.5 cm³/mol. The Balaban J connectivity index is 1.85. The van der Waals surface area contributed by atoms with Crippen LogP contribution in [0.5, 0.6) is 0 Å². The number of carboxylic acid groups (broad SMARTS) is 1. The zero-order valence-electron chi connectivity index (χ0n) is 12.2. The molecule has 1 aromatic carbocycles. The van der Waals surface area contributed by atoms with Crippen molar-refractivity contribution in [2.45, 2.75) is 32.7 Å². The number of oxazole rings is 1. The zero-order valence-corrected chi connectivity index (χ0v) is 12.2. The molecule has 2 aromatic rings. The lowest BCUT2D eigenvalue weighted by atomic mass is 9.98. The van der Waals surface area contributed by atoms with E-state index in [1.165, 1.54) is 0 Å². The minimum atomic E-state index is -0.764. The Hall–Kier alpha value is -2.30. The first-order chi connectivity index (χ1) is 10.0. The molecule has 1 aromatic heterocycles. The van der Waals surface area contributed by atoms with Gasteiger partial charge in [-0.15, -0.1) is 0 Å². The smallest absolute Gasteiger partial charge is 0.304 e.